The fraction of sp³-hybridized carbons (Fsp3) is 0.0952. The summed E-state index contributed by atoms with van der Waals surface area (Å²) in [7, 11) is 0. The van der Waals surface area contributed by atoms with Crippen LogP contribution >= 0.6 is 23.4 Å². The number of nitrogens with one attached hydrogen (secondary N) is 1. The number of hydrogen-bond acceptors (Lipinski definition) is 5. The number of aromatic amines is 1. The van der Waals surface area contributed by atoms with Gasteiger partial charge in [0, 0.05) is 45.5 Å². The summed E-state index contributed by atoms with van der Waals surface area (Å²) in [5.74, 6) is 1.19. The third-order valence-corrected chi connectivity index (χ3v) is 5.72. The highest BCUT2D eigenvalue weighted by atomic mass is 35.5. The zero-order chi connectivity index (χ0) is 20.2. The van der Waals surface area contributed by atoms with Crippen molar-refractivity contribution in [1.29, 1.82) is 0 Å². The number of para-hydroxylation sites is 1. The predicted molar refractivity (Wildman–Crippen MR) is 118 cm³/mol. The summed E-state index contributed by atoms with van der Waals surface area (Å²) in [4.78, 5) is 3.27. The molecule has 2 N–H and O–H groups in total. The van der Waals surface area contributed by atoms with E-state index in [0.29, 0.717) is 23.0 Å². The summed E-state index contributed by atoms with van der Waals surface area (Å²) in [6.07, 6.45) is 3.75. The van der Waals surface area contributed by atoms with Gasteiger partial charge in [0.25, 0.3) is 0 Å². The molecule has 0 spiro atoms. The van der Waals surface area contributed by atoms with Crippen molar-refractivity contribution in [3.8, 4) is 11.4 Å². The van der Waals surface area contributed by atoms with E-state index in [4.69, 9.17) is 11.6 Å². The summed E-state index contributed by atoms with van der Waals surface area (Å²) >= 11 is 7.39. The minimum atomic E-state index is 0.432. The van der Waals surface area contributed by atoms with Crippen molar-refractivity contribution in [2.75, 3.05) is 5.75 Å². The lowest BCUT2D eigenvalue weighted by Gasteiger charge is -2.08. The van der Waals surface area contributed by atoms with Gasteiger partial charge in [-0.15, -0.1) is 16.8 Å². The highest BCUT2D eigenvalue weighted by Crippen LogP contribution is 2.30. The Morgan fingerprint density at radius 1 is 1.21 bits per heavy atom. The van der Waals surface area contributed by atoms with E-state index in [1.54, 1.807) is 12.1 Å². The number of rotatable bonds is 7. The van der Waals surface area contributed by atoms with Crippen LogP contribution < -0.4 is 0 Å². The van der Waals surface area contributed by atoms with Gasteiger partial charge in [-0.2, -0.15) is 0 Å². The minimum absolute atomic E-state index is 0.432. The molecule has 4 rings (SSSR count). The molecule has 0 atom stereocenters. The fourth-order valence-corrected chi connectivity index (χ4v) is 4.12. The van der Waals surface area contributed by atoms with Gasteiger partial charge in [-0.1, -0.05) is 64.9 Å². The van der Waals surface area contributed by atoms with Crippen LogP contribution in [0.15, 0.2) is 77.7 Å². The van der Waals surface area contributed by atoms with Gasteiger partial charge in [0.05, 0.1) is 5.71 Å². The van der Waals surface area contributed by atoms with Crippen molar-refractivity contribution >= 4 is 40.0 Å². The number of halogens is 1. The van der Waals surface area contributed by atoms with Crippen LogP contribution in [-0.4, -0.2) is 36.4 Å². The maximum Gasteiger partial charge on any atom is 0.192 e. The summed E-state index contributed by atoms with van der Waals surface area (Å²) in [6.45, 7) is 4.43. The number of aromatic nitrogens is 4. The van der Waals surface area contributed by atoms with E-state index in [9.17, 15) is 5.21 Å². The second kappa shape index (κ2) is 8.55. The molecule has 29 heavy (non-hydrogen) atoms. The molecule has 6 nitrogen and oxygen atoms in total. The van der Waals surface area contributed by atoms with Crippen LogP contribution in [0.2, 0.25) is 5.02 Å². The van der Waals surface area contributed by atoms with Crippen LogP contribution in [0.25, 0.3) is 22.3 Å². The predicted octanol–water partition coefficient (Wildman–Crippen LogP) is 5.24. The Kier molecular flexibility index (Phi) is 5.69. The van der Waals surface area contributed by atoms with Crippen LogP contribution in [0.3, 0.4) is 0 Å². The first-order valence-electron chi connectivity index (χ1n) is 8.91. The van der Waals surface area contributed by atoms with Gasteiger partial charge in [0.15, 0.2) is 11.0 Å². The van der Waals surface area contributed by atoms with Crippen molar-refractivity contribution in [1.82, 2.24) is 19.7 Å². The van der Waals surface area contributed by atoms with Gasteiger partial charge in [0.2, 0.25) is 0 Å². The third-order valence-electron chi connectivity index (χ3n) is 4.49. The number of oxime groups is 1. The molecule has 0 saturated carbocycles. The monoisotopic (exact) mass is 423 g/mol. The van der Waals surface area contributed by atoms with Gasteiger partial charge < -0.3 is 10.2 Å². The molecular formula is C21H18ClN5OS. The Bertz CT molecular complexity index is 1180. The van der Waals surface area contributed by atoms with Crippen molar-refractivity contribution in [2.24, 2.45) is 5.16 Å². The highest BCUT2D eigenvalue weighted by Gasteiger charge is 2.17. The Labute approximate surface area is 176 Å². The van der Waals surface area contributed by atoms with Crippen LogP contribution in [0, 0.1) is 0 Å². The second-order valence-corrected chi connectivity index (χ2v) is 7.67. The van der Waals surface area contributed by atoms with E-state index in [1.807, 2.05) is 47.2 Å². The molecule has 2 aromatic carbocycles. The molecule has 0 saturated heterocycles. The van der Waals surface area contributed by atoms with E-state index < -0.39 is 0 Å². The Morgan fingerprint density at radius 2 is 2.00 bits per heavy atom. The Morgan fingerprint density at radius 3 is 2.76 bits per heavy atom. The lowest BCUT2D eigenvalue weighted by Crippen LogP contribution is -2.06. The molecule has 146 valence electrons. The van der Waals surface area contributed by atoms with Crippen molar-refractivity contribution in [2.45, 2.75) is 11.7 Å². The van der Waals surface area contributed by atoms with Crippen LogP contribution in [0.5, 0.6) is 0 Å². The molecule has 0 bridgehead atoms. The fourth-order valence-electron chi connectivity index (χ4n) is 3.09. The topological polar surface area (TPSA) is 79.1 Å². The second-order valence-electron chi connectivity index (χ2n) is 6.30. The highest BCUT2D eigenvalue weighted by molar-refractivity contribution is 7.99. The number of benzene rings is 2. The first-order valence-corrected chi connectivity index (χ1v) is 10.3. The molecule has 0 aliphatic rings. The lowest BCUT2D eigenvalue weighted by atomic mass is 10.1. The van der Waals surface area contributed by atoms with Crippen LogP contribution in [-0.2, 0) is 6.54 Å². The maximum atomic E-state index is 9.45. The largest absolute Gasteiger partial charge is 0.411 e. The lowest BCUT2D eigenvalue weighted by molar-refractivity contribution is 0.319. The van der Waals surface area contributed by atoms with E-state index in [-0.39, 0.29) is 0 Å². The molecule has 2 heterocycles. The molecule has 0 fully saturated rings. The first kappa shape index (κ1) is 19.3. The zero-order valence-electron chi connectivity index (χ0n) is 15.4. The van der Waals surface area contributed by atoms with Crippen LogP contribution in [0.4, 0.5) is 0 Å². The zero-order valence-corrected chi connectivity index (χ0v) is 17.0. The number of H-pyrrole nitrogens is 1. The Hall–Kier alpha value is -3.03. The average molecular weight is 424 g/mol. The normalized spacial score (nSPS) is 11.8. The summed E-state index contributed by atoms with van der Waals surface area (Å²) in [6, 6.07) is 15.2. The molecule has 8 heteroatoms. The molecule has 2 aromatic heterocycles. The number of fused-ring (bicyclic) bond motifs is 1. The SMILES string of the molecule is C=CCn1c(SC/C(=N\O)c2ccc(Cl)cc2)nnc1-c1c[nH]c2ccccc12. The van der Waals surface area contributed by atoms with Crippen LogP contribution in [0.1, 0.15) is 5.56 Å². The van der Waals surface area contributed by atoms with Gasteiger partial charge in [0.1, 0.15) is 0 Å². The quantitative estimate of drug-likeness (QED) is 0.140. The van der Waals surface area contributed by atoms with E-state index in [1.165, 1.54) is 11.8 Å². The smallest absolute Gasteiger partial charge is 0.192 e. The number of allylic oxidation sites excluding steroid dienone is 1. The molecule has 0 aliphatic heterocycles. The number of hydrogen-bond donors (Lipinski definition) is 2. The van der Waals surface area contributed by atoms with E-state index in [2.05, 4.69) is 33.0 Å². The third kappa shape index (κ3) is 3.92. The molecule has 4 aromatic rings. The van der Waals surface area contributed by atoms with E-state index in [0.717, 1.165) is 33.0 Å². The van der Waals surface area contributed by atoms with Gasteiger partial charge in [-0.3, -0.25) is 4.57 Å². The summed E-state index contributed by atoms with van der Waals surface area (Å²) < 4.78 is 2.00. The van der Waals surface area contributed by atoms with Gasteiger partial charge >= 0.3 is 0 Å². The molecule has 0 radical (unpaired) electrons. The number of thioether (sulfide) groups is 1. The molecule has 0 unspecified atom stereocenters. The van der Waals surface area contributed by atoms with Gasteiger partial charge in [-0.25, -0.2) is 0 Å². The van der Waals surface area contributed by atoms with Crippen molar-refractivity contribution in [3.05, 3.63) is 78.0 Å². The maximum absolute atomic E-state index is 9.45. The van der Waals surface area contributed by atoms with E-state index >= 15 is 0 Å². The summed E-state index contributed by atoms with van der Waals surface area (Å²) in [5, 5.41) is 24.1. The van der Waals surface area contributed by atoms with Crippen molar-refractivity contribution in [3.63, 3.8) is 0 Å². The summed E-state index contributed by atoms with van der Waals surface area (Å²) in [5.41, 5.74) is 3.36. The average Bonchev–Trinajstić information content (AvgIpc) is 3.34. The Balaban J connectivity index is 1.63. The molecule has 0 amide bonds. The number of nitrogens with zero attached hydrogens (tertiary/aromatic N) is 4. The minimum Gasteiger partial charge on any atom is -0.411 e. The standard InChI is InChI=1S/C21H18ClN5OS/c1-2-11-27-20(17-12-23-18-6-4-3-5-16(17)18)24-25-21(27)29-13-19(26-28)14-7-9-15(22)10-8-14/h2-10,12,23,28H,1,11,13H2/b26-19+. The van der Waals surface area contributed by atoms with Crippen molar-refractivity contribution < 1.29 is 5.21 Å². The van der Waals surface area contributed by atoms with Gasteiger partial charge in [-0.05, 0) is 18.2 Å². The molecule has 0 aliphatic carbocycles. The molecular weight excluding hydrogens is 406 g/mol. The first-order chi connectivity index (χ1) is 14.2.